The Morgan fingerprint density at radius 3 is 2.46 bits per heavy atom. The van der Waals surface area contributed by atoms with Crippen LogP contribution in [-0.2, 0) is 4.79 Å². The van der Waals surface area contributed by atoms with Crippen molar-refractivity contribution in [3.8, 4) is 0 Å². The standard InChI is InChI=1S/C23H19FO2S2/c1-27-23-21(22(26)15-6-3-2-4-7-15)19(14-10-12-16(24)13-11-14)20-17(25)8-5-9-18(20)28-23/h2-4,6-7,10-13,19H,5,8-9H2,1H3/t19-/m0/s1. The second-order valence-electron chi connectivity index (χ2n) is 6.80. The predicted octanol–water partition coefficient (Wildman–Crippen LogP) is 6.12. The summed E-state index contributed by atoms with van der Waals surface area (Å²) >= 11 is 3.10. The van der Waals surface area contributed by atoms with Gasteiger partial charge >= 0.3 is 0 Å². The molecule has 0 radical (unpaired) electrons. The van der Waals surface area contributed by atoms with Gasteiger partial charge in [0.25, 0.3) is 0 Å². The maximum atomic E-state index is 13.6. The molecule has 0 bridgehead atoms. The Bertz CT molecular complexity index is 991. The molecule has 1 aliphatic heterocycles. The van der Waals surface area contributed by atoms with Gasteiger partial charge < -0.3 is 0 Å². The van der Waals surface area contributed by atoms with Crippen molar-refractivity contribution >= 4 is 35.1 Å². The quantitative estimate of drug-likeness (QED) is 0.569. The number of Topliss-reactive ketones (excluding diaryl/α,β-unsaturated/α-hetero) is 2. The Morgan fingerprint density at radius 1 is 1.07 bits per heavy atom. The predicted molar refractivity (Wildman–Crippen MR) is 114 cm³/mol. The lowest BCUT2D eigenvalue weighted by atomic mass is 9.77. The summed E-state index contributed by atoms with van der Waals surface area (Å²) in [5, 5.41) is 0. The van der Waals surface area contributed by atoms with Crippen LogP contribution in [0.4, 0.5) is 4.39 Å². The summed E-state index contributed by atoms with van der Waals surface area (Å²) in [6.07, 6.45) is 4.14. The number of rotatable bonds is 4. The fourth-order valence-electron chi connectivity index (χ4n) is 3.80. The van der Waals surface area contributed by atoms with Crippen molar-refractivity contribution in [2.45, 2.75) is 25.2 Å². The van der Waals surface area contributed by atoms with Gasteiger partial charge in [-0.2, -0.15) is 0 Å². The van der Waals surface area contributed by atoms with Crippen molar-refractivity contribution in [1.29, 1.82) is 0 Å². The molecule has 0 saturated carbocycles. The van der Waals surface area contributed by atoms with Crippen LogP contribution in [0.1, 0.15) is 41.1 Å². The molecule has 0 fully saturated rings. The Hall–Kier alpha value is -2.11. The number of halogens is 1. The highest BCUT2D eigenvalue weighted by Gasteiger charge is 2.39. The zero-order valence-electron chi connectivity index (χ0n) is 15.4. The second kappa shape index (κ2) is 8.10. The summed E-state index contributed by atoms with van der Waals surface area (Å²) in [5.41, 5.74) is 2.74. The average molecular weight is 411 g/mol. The molecule has 1 atom stereocenters. The first-order chi connectivity index (χ1) is 13.6. The van der Waals surface area contributed by atoms with E-state index in [-0.39, 0.29) is 17.4 Å². The van der Waals surface area contributed by atoms with Crippen molar-refractivity contribution in [2.75, 3.05) is 6.26 Å². The molecule has 0 saturated heterocycles. The molecule has 0 unspecified atom stereocenters. The highest BCUT2D eigenvalue weighted by molar-refractivity contribution is 8.23. The van der Waals surface area contributed by atoms with Crippen LogP contribution < -0.4 is 0 Å². The van der Waals surface area contributed by atoms with Crippen LogP contribution in [0.5, 0.6) is 0 Å². The highest BCUT2D eigenvalue weighted by atomic mass is 32.2. The van der Waals surface area contributed by atoms with Gasteiger partial charge in [0.05, 0.1) is 4.24 Å². The third-order valence-corrected chi connectivity index (χ3v) is 7.51. The van der Waals surface area contributed by atoms with E-state index >= 15 is 0 Å². The SMILES string of the molecule is CSC1=C(C(=O)c2ccccc2)[C@@H](c2ccc(F)cc2)C2=C(CCCC2=O)S1. The molecule has 28 heavy (non-hydrogen) atoms. The number of hydrogen-bond acceptors (Lipinski definition) is 4. The number of carbonyl (C=O) groups is 2. The molecule has 142 valence electrons. The minimum absolute atomic E-state index is 0.0725. The molecule has 0 spiro atoms. The third kappa shape index (κ3) is 3.49. The molecule has 1 aliphatic carbocycles. The fraction of sp³-hybridized carbons (Fsp3) is 0.217. The molecule has 2 aromatic carbocycles. The van der Waals surface area contributed by atoms with E-state index in [1.165, 1.54) is 23.9 Å². The van der Waals surface area contributed by atoms with Crippen molar-refractivity contribution in [2.24, 2.45) is 0 Å². The van der Waals surface area contributed by atoms with E-state index in [0.717, 1.165) is 33.1 Å². The van der Waals surface area contributed by atoms with Gasteiger partial charge in [-0.15, -0.1) is 11.8 Å². The molecule has 0 aromatic heterocycles. The number of carbonyl (C=O) groups excluding carboxylic acids is 2. The summed E-state index contributed by atoms with van der Waals surface area (Å²) < 4.78 is 14.5. The maximum absolute atomic E-state index is 13.6. The molecule has 2 aliphatic rings. The molecule has 0 N–H and O–H groups in total. The summed E-state index contributed by atoms with van der Waals surface area (Å²) in [5.74, 6) is -0.749. The first-order valence-corrected chi connectivity index (χ1v) is 11.2. The van der Waals surface area contributed by atoms with Crippen LogP contribution >= 0.6 is 23.5 Å². The van der Waals surface area contributed by atoms with Crippen LogP contribution in [0, 0.1) is 5.82 Å². The van der Waals surface area contributed by atoms with Crippen LogP contribution in [0.3, 0.4) is 0 Å². The monoisotopic (exact) mass is 410 g/mol. The van der Waals surface area contributed by atoms with Crippen molar-refractivity contribution in [3.63, 3.8) is 0 Å². The molecular weight excluding hydrogens is 391 g/mol. The lowest BCUT2D eigenvalue weighted by Gasteiger charge is -2.33. The van der Waals surface area contributed by atoms with E-state index in [0.29, 0.717) is 17.6 Å². The Labute approximate surface area is 172 Å². The van der Waals surface area contributed by atoms with E-state index in [1.54, 1.807) is 36.0 Å². The average Bonchev–Trinajstić information content (AvgIpc) is 2.73. The van der Waals surface area contributed by atoms with Crippen molar-refractivity contribution < 1.29 is 14.0 Å². The van der Waals surface area contributed by atoms with Gasteiger partial charge in [0.15, 0.2) is 11.6 Å². The zero-order chi connectivity index (χ0) is 19.7. The Balaban J connectivity index is 1.91. The van der Waals surface area contributed by atoms with Gasteiger partial charge in [-0.05, 0) is 41.7 Å². The molecule has 4 rings (SSSR count). The fourth-order valence-corrected chi connectivity index (χ4v) is 6.00. The largest absolute Gasteiger partial charge is 0.294 e. The number of allylic oxidation sites excluding steroid dienone is 3. The smallest absolute Gasteiger partial charge is 0.191 e. The van der Waals surface area contributed by atoms with Crippen molar-refractivity contribution in [3.05, 3.63) is 91.8 Å². The number of thioether (sulfide) groups is 2. The van der Waals surface area contributed by atoms with Crippen LogP contribution in [0.2, 0.25) is 0 Å². The van der Waals surface area contributed by atoms with Gasteiger partial charge in [-0.25, -0.2) is 4.39 Å². The minimum Gasteiger partial charge on any atom is -0.294 e. The van der Waals surface area contributed by atoms with Gasteiger partial charge in [0.1, 0.15) is 5.82 Å². The Kier molecular flexibility index (Phi) is 5.56. The van der Waals surface area contributed by atoms with E-state index < -0.39 is 5.92 Å². The second-order valence-corrected chi connectivity index (χ2v) is 8.98. The van der Waals surface area contributed by atoms with E-state index in [2.05, 4.69) is 0 Å². The topological polar surface area (TPSA) is 34.1 Å². The lowest BCUT2D eigenvalue weighted by molar-refractivity contribution is -0.116. The third-order valence-electron chi connectivity index (χ3n) is 5.09. The van der Waals surface area contributed by atoms with Gasteiger partial charge in [0, 0.05) is 29.0 Å². The normalized spacial score (nSPS) is 19.6. The summed E-state index contributed by atoms with van der Waals surface area (Å²) in [4.78, 5) is 27.5. The minimum atomic E-state index is -0.445. The van der Waals surface area contributed by atoms with Gasteiger partial charge in [-0.3, -0.25) is 9.59 Å². The summed E-state index contributed by atoms with van der Waals surface area (Å²) in [7, 11) is 0. The van der Waals surface area contributed by atoms with Crippen LogP contribution in [-0.4, -0.2) is 17.8 Å². The first-order valence-electron chi connectivity index (χ1n) is 9.17. The summed E-state index contributed by atoms with van der Waals surface area (Å²) in [6, 6.07) is 15.3. The highest BCUT2D eigenvalue weighted by Crippen LogP contribution is 2.53. The van der Waals surface area contributed by atoms with E-state index in [9.17, 15) is 14.0 Å². The number of benzene rings is 2. The zero-order valence-corrected chi connectivity index (χ0v) is 17.0. The molecule has 1 heterocycles. The molecule has 5 heteroatoms. The molecule has 2 nitrogen and oxygen atoms in total. The molecule has 0 amide bonds. The maximum Gasteiger partial charge on any atom is 0.191 e. The number of ketones is 2. The van der Waals surface area contributed by atoms with Gasteiger partial charge in [-0.1, -0.05) is 54.2 Å². The number of hydrogen-bond donors (Lipinski definition) is 0. The first kappa shape index (κ1) is 19.2. The van der Waals surface area contributed by atoms with Crippen molar-refractivity contribution in [1.82, 2.24) is 0 Å². The summed E-state index contributed by atoms with van der Waals surface area (Å²) in [6.45, 7) is 0. The van der Waals surface area contributed by atoms with Crippen LogP contribution in [0.25, 0.3) is 0 Å². The molecule has 2 aromatic rings. The molecular formula is C23H19FO2S2. The Morgan fingerprint density at radius 2 is 1.79 bits per heavy atom. The van der Waals surface area contributed by atoms with E-state index in [1.807, 2.05) is 24.5 Å². The lowest BCUT2D eigenvalue weighted by Crippen LogP contribution is -2.25. The van der Waals surface area contributed by atoms with Gasteiger partial charge in [0.2, 0.25) is 0 Å². The van der Waals surface area contributed by atoms with E-state index in [4.69, 9.17) is 0 Å². The van der Waals surface area contributed by atoms with Crippen LogP contribution in [0.15, 0.2) is 74.9 Å².